The lowest BCUT2D eigenvalue weighted by atomic mass is 9.94. The number of ether oxygens (including phenoxy) is 1. The number of carbonyl (C=O) groups excluding carboxylic acids is 1. The van der Waals surface area contributed by atoms with Gasteiger partial charge in [0.25, 0.3) is 0 Å². The van der Waals surface area contributed by atoms with E-state index in [0.717, 1.165) is 45.4 Å². The average molecular weight is 283 g/mol. The summed E-state index contributed by atoms with van der Waals surface area (Å²) in [5.74, 6) is 0.856. The molecule has 2 rings (SSSR count). The molecule has 0 spiro atoms. The second kappa shape index (κ2) is 7.38. The second-order valence-electron chi connectivity index (χ2n) is 6.22. The SMILES string of the molecule is COC1CN(C(CN)CC(=O)N2CCCC2)CCC1C. The van der Waals surface area contributed by atoms with E-state index in [1.54, 1.807) is 7.11 Å². The van der Waals surface area contributed by atoms with Gasteiger partial charge in [-0.25, -0.2) is 0 Å². The Morgan fingerprint density at radius 3 is 2.65 bits per heavy atom. The molecule has 0 aromatic rings. The predicted octanol–water partition coefficient (Wildman–Crippen LogP) is 0.683. The van der Waals surface area contributed by atoms with Crippen LogP contribution in [-0.2, 0) is 9.53 Å². The van der Waals surface area contributed by atoms with Crippen LogP contribution >= 0.6 is 0 Å². The molecule has 2 heterocycles. The summed E-state index contributed by atoms with van der Waals surface area (Å²) in [7, 11) is 1.78. The van der Waals surface area contributed by atoms with Gasteiger partial charge < -0.3 is 15.4 Å². The van der Waals surface area contributed by atoms with E-state index in [1.807, 2.05) is 4.90 Å². The van der Waals surface area contributed by atoms with E-state index in [-0.39, 0.29) is 18.1 Å². The summed E-state index contributed by atoms with van der Waals surface area (Å²) in [6.45, 7) is 6.55. The fourth-order valence-electron chi connectivity index (χ4n) is 3.35. The number of likely N-dealkylation sites (tertiary alicyclic amines) is 2. The molecule has 2 N–H and O–H groups in total. The average Bonchev–Trinajstić information content (AvgIpc) is 2.99. The molecule has 0 bridgehead atoms. The summed E-state index contributed by atoms with van der Waals surface area (Å²) in [4.78, 5) is 16.6. The van der Waals surface area contributed by atoms with Gasteiger partial charge in [-0.2, -0.15) is 0 Å². The molecule has 0 aromatic heterocycles. The van der Waals surface area contributed by atoms with E-state index < -0.39 is 0 Å². The molecule has 0 aromatic carbocycles. The number of rotatable bonds is 5. The van der Waals surface area contributed by atoms with Gasteiger partial charge in [-0.05, 0) is 31.7 Å². The quantitative estimate of drug-likeness (QED) is 0.806. The Bertz CT molecular complexity index is 318. The van der Waals surface area contributed by atoms with Gasteiger partial charge in [-0.3, -0.25) is 9.69 Å². The monoisotopic (exact) mass is 283 g/mol. The first-order valence-electron chi connectivity index (χ1n) is 7.90. The number of piperidine rings is 1. The molecular weight excluding hydrogens is 254 g/mol. The van der Waals surface area contributed by atoms with Crippen molar-refractivity contribution >= 4 is 5.91 Å². The van der Waals surface area contributed by atoms with Crippen molar-refractivity contribution in [3.63, 3.8) is 0 Å². The van der Waals surface area contributed by atoms with Crippen LogP contribution in [0.15, 0.2) is 0 Å². The number of methoxy groups -OCH3 is 1. The van der Waals surface area contributed by atoms with Crippen molar-refractivity contribution in [2.75, 3.05) is 39.8 Å². The third-order valence-electron chi connectivity index (χ3n) is 4.88. The molecule has 2 aliphatic heterocycles. The van der Waals surface area contributed by atoms with Crippen molar-refractivity contribution in [1.82, 2.24) is 9.80 Å². The van der Waals surface area contributed by atoms with Crippen LogP contribution in [-0.4, -0.2) is 67.7 Å². The Morgan fingerprint density at radius 2 is 2.05 bits per heavy atom. The van der Waals surface area contributed by atoms with E-state index in [2.05, 4.69) is 11.8 Å². The van der Waals surface area contributed by atoms with Crippen molar-refractivity contribution in [3.05, 3.63) is 0 Å². The first-order chi connectivity index (χ1) is 9.65. The van der Waals surface area contributed by atoms with Crippen LogP contribution in [0.3, 0.4) is 0 Å². The van der Waals surface area contributed by atoms with Crippen LogP contribution < -0.4 is 5.73 Å². The number of carbonyl (C=O) groups is 1. The maximum absolute atomic E-state index is 12.3. The van der Waals surface area contributed by atoms with E-state index in [1.165, 1.54) is 0 Å². The topological polar surface area (TPSA) is 58.8 Å². The highest BCUT2D eigenvalue weighted by Gasteiger charge is 2.31. The van der Waals surface area contributed by atoms with E-state index in [0.29, 0.717) is 18.9 Å². The Labute approximate surface area is 122 Å². The van der Waals surface area contributed by atoms with Crippen molar-refractivity contribution in [2.24, 2.45) is 11.7 Å². The minimum atomic E-state index is 0.160. The maximum Gasteiger partial charge on any atom is 0.224 e. The van der Waals surface area contributed by atoms with Crippen LogP contribution in [0.1, 0.15) is 32.6 Å². The first kappa shape index (κ1) is 15.7. The molecular formula is C15H29N3O2. The summed E-state index contributed by atoms with van der Waals surface area (Å²) >= 11 is 0. The number of nitrogens with zero attached hydrogens (tertiary/aromatic N) is 2. The Kier molecular flexibility index (Phi) is 5.81. The van der Waals surface area contributed by atoms with Crippen molar-refractivity contribution in [2.45, 2.75) is 44.8 Å². The molecule has 0 aliphatic carbocycles. The van der Waals surface area contributed by atoms with Gasteiger partial charge in [0, 0.05) is 45.8 Å². The highest BCUT2D eigenvalue weighted by atomic mass is 16.5. The van der Waals surface area contributed by atoms with E-state index in [9.17, 15) is 4.79 Å². The summed E-state index contributed by atoms with van der Waals surface area (Å²) in [6, 6.07) is 0.160. The van der Waals surface area contributed by atoms with Crippen LogP contribution in [0.4, 0.5) is 0 Å². The highest BCUT2D eigenvalue weighted by Crippen LogP contribution is 2.22. The van der Waals surface area contributed by atoms with Crippen LogP contribution in [0.5, 0.6) is 0 Å². The zero-order valence-corrected chi connectivity index (χ0v) is 12.9. The Balaban J connectivity index is 1.88. The molecule has 3 unspecified atom stereocenters. The first-order valence-corrected chi connectivity index (χ1v) is 7.90. The molecule has 2 saturated heterocycles. The zero-order chi connectivity index (χ0) is 14.5. The molecule has 0 saturated carbocycles. The fraction of sp³-hybridized carbons (Fsp3) is 0.933. The molecule has 20 heavy (non-hydrogen) atoms. The lowest BCUT2D eigenvalue weighted by Crippen LogP contribution is -2.52. The summed E-state index contributed by atoms with van der Waals surface area (Å²) in [5.41, 5.74) is 5.92. The normalized spacial score (nSPS) is 29.6. The molecule has 2 fully saturated rings. The van der Waals surface area contributed by atoms with Gasteiger partial charge in [-0.1, -0.05) is 6.92 Å². The van der Waals surface area contributed by atoms with E-state index >= 15 is 0 Å². The molecule has 2 aliphatic rings. The highest BCUT2D eigenvalue weighted by molar-refractivity contribution is 5.77. The smallest absolute Gasteiger partial charge is 0.224 e. The van der Waals surface area contributed by atoms with Crippen LogP contribution in [0.25, 0.3) is 0 Å². The molecule has 3 atom stereocenters. The van der Waals surface area contributed by atoms with Crippen LogP contribution in [0.2, 0.25) is 0 Å². The van der Waals surface area contributed by atoms with Gasteiger partial charge in [0.2, 0.25) is 5.91 Å². The molecule has 5 nitrogen and oxygen atoms in total. The second-order valence-corrected chi connectivity index (χ2v) is 6.22. The number of amides is 1. The lowest BCUT2D eigenvalue weighted by Gasteiger charge is -2.40. The largest absolute Gasteiger partial charge is 0.380 e. The number of hydrogen-bond donors (Lipinski definition) is 1. The van der Waals surface area contributed by atoms with Crippen molar-refractivity contribution in [3.8, 4) is 0 Å². The molecule has 0 radical (unpaired) electrons. The molecule has 1 amide bonds. The minimum Gasteiger partial charge on any atom is -0.380 e. The zero-order valence-electron chi connectivity index (χ0n) is 12.9. The minimum absolute atomic E-state index is 0.160. The lowest BCUT2D eigenvalue weighted by molar-refractivity contribution is -0.132. The third kappa shape index (κ3) is 3.71. The molecule has 5 heteroatoms. The van der Waals surface area contributed by atoms with Gasteiger partial charge >= 0.3 is 0 Å². The van der Waals surface area contributed by atoms with Gasteiger partial charge in [0.15, 0.2) is 0 Å². The summed E-state index contributed by atoms with van der Waals surface area (Å²) < 4.78 is 5.56. The van der Waals surface area contributed by atoms with Gasteiger partial charge in [-0.15, -0.1) is 0 Å². The fourth-order valence-corrected chi connectivity index (χ4v) is 3.35. The standard InChI is InChI=1S/C15H29N3O2/c1-12-5-8-18(11-14(12)20-2)13(10-16)9-15(19)17-6-3-4-7-17/h12-14H,3-11,16H2,1-2H3. The summed E-state index contributed by atoms with van der Waals surface area (Å²) in [6.07, 6.45) is 4.23. The Morgan fingerprint density at radius 1 is 1.35 bits per heavy atom. The predicted molar refractivity (Wildman–Crippen MR) is 79.4 cm³/mol. The maximum atomic E-state index is 12.3. The van der Waals surface area contributed by atoms with Crippen LogP contribution in [0, 0.1) is 5.92 Å². The van der Waals surface area contributed by atoms with Crippen molar-refractivity contribution < 1.29 is 9.53 Å². The van der Waals surface area contributed by atoms with Gasteiger partial charge in [0.05, 0.1) is 6.10 Å². The number of hydrogen-bond acceptors (Lipinski definition) is 4. The molecule has 116 valence electrons. The van der Waals surface area contributed by atoms with Gasteiger partial charge in [0.1, 0.15) is 0 Å². The third-order valence-corrected chi connectivity index (χ3v) is 4.88. The summed E-state index contributed by atoms with van der Waals surface area (Å²) in [5, 5.41) is 0. The van der Waals surface area contributed by atoms with E-state index in [4.69, 9.17) is 10.5 Å². The number of nitrogens with two attached hydrogens (primary N) is 1. The Hall–Kier alpha value is -0.650. The van der Waals surface area contributed by atoms with Crippen molar-refractivity contribution in [1.29, 1.82) is 0 Å².